The summed E-state index contributed by atoms with van der Waals surface area (Å²) in [5, 5.41) is 13.7. The van der Waals surface area contributed by atoms with E-state index < -0.39 is 23.5 Å². The number of fused-ring (bicyclic) bond motifs is 4. The first kappa shape index (κ1) is 21.1. The summed E-state index contributed by atoms with van der Waals surface area (Å²) in [7, 11) is 0. The fourth-order valence-corrected chi connectivity index (χ4v) is 5.86. The van der Waals surface area contributed by atoms with E-state index in [-0.39, 0.29) is 34.5 Å². The summed E-state index contributed by atoms with van der Waals surface area (Å²) < 4.78 is 29.2. The van der Waals surface area contributed by atoms with Crippen molar-refractivity contribution >= 4 is 34.6 Å². The van der Waals surface area contributed by atoms with Crippen molar-refractivity contribution in [2.45, 2.75) is 43.7 Å². The second-order valence-electron chi connectivity index (χ2n) is 8.41. The highest BCUT2D eigenvalue weighted by molar-refractivity contribution is 7.99. The minimum Gasteiger partial charge on any atom is -0.481 e. The van der Waals surface area contributed by atoms with Crippen LogP contribution in [-0.4, -0.2) is 42.8 Å². The third-order valence-electron chi connectivity index (χ3n) is 6.65. The fourth-order valence-electron chi connectivity index (χ4n) is 5.21. The molecule has 3 aromatic rings. The predicted molar refractivity (Wildman–Crippen MR) is 117 cm³/mol. The van der Waals surface area contributed by atoms with Crippen molar-refractivity contribution in [3.05, 3.63) is 30.1 Å². The van der Waals surface area contributed by atoms with Crippen molar-refractivity contribution in [1.29, 1.82) is 0 Å². The van der Waals surface area contributed by atoms with E-state index in [2.05, 4.69) is 25.3 Å². The highest BCUT2D eigenvalue weighted by Crippen LogP contribution is 2.46. The molecule has 6 rings (SSSR count). The number of aromatic amines is 1. The van der Waals surface area contributed by atoms with Crippen molar-refractivity contribution in [2.75, 3.05) is 11.1 Å². The van der Waals surface area contributed by atoms with Gasteiger partial charge in [-0.1, -0.05) is 6.92 Å². The number of H-pyrrole nitrogens is 1. The topological polar surface area (TPSA) is 104 Å². The monoisotopic (exact) mass is 459 g/mol. The van der Waals surface area contributed by atoms with E-state index in [1.54, 1.807) is 6.20 Å². The highest BCUT2D eigenvalue weighted by atomic mass is 32.2. The molecule has 32 heavy (non-hydrogen) atoms. The van der Waals surface area contributed by atoms with Gasteiger partial charge in [0, 0.05) is 23.2 Å². The van der Waals surface area contributed by atoms with Crippen LogP contribution in [0.4, 0.5) is 14.6 Å². The third-order valence-corrected chi connectivity index (χ3v) is 7.48. The van der Waals surface area contributed by atoms with Gasteiger partial charge in [-0.15, -0.1) is 11.8 Å². The molecule has 2 atom stereocenters. The van der Waals surface area contributed by atoms with Gasteiger partial charge in [-0.3, -0.25) is 4.79 Å². The first-order valence-corrected chi connectivity index (χ1v) is 11.8. The molecule has 3 aliphatic carbocycles. The van der Waals surface area contributed by atoms with Crippen molar-refractivity contribution in [1.82, 2.24) is 19.9 Å². The van der Waals surface area contributed by atoms with E-state index >= 15 is 4.39 Å². The molecule has 7 nitrogen and oxygen atoms in total. The van der Waals surface area contributed by atoms with Gasteiger partial charge in [0.2, 0.25) is 0 Å². The number of carboxylic acids is 1. The zero-order valence-corrected chi connectivity index (χ0v) is 18.3. The highest BCUT2D eigenvalue weighted by Gasteiger charge is 2.47. The number of thioether (sulfide) groups is 1. The number of rotatable bonds is 6. The maximum absolute atomic E-state index is 15.3. The minimum atomic E-state index is -0.854. The number of nitrogens with zero attached hydrogens (tertiary/aromatic N) is 3. The lowest BCUT2D eigenvalue weighted by molar-refractivity contribution is -0.148. The zero-order chi connectivity index (χ0) is 22.4. The molecule has 3 heterocycles. The maximum Gasteiger partial charge on any atom is 0.308 e. The molecule has 0 spiro atoms. The molecule has 3 aromatic heterocycles. The first-order chi connectivity index (χ1) is 15.5. The van der Waals surface area contributed by atoms with Crippen LogP contribution >= 0.6 is 11.8 Å². The number of pyridine rings is 1. The Morgan fingerprint density at radius 2 is 2.00 bits per heavy atom. The quantitative estimate of drug-likeness (QED) is 0.362. The molecule has 3 saturated carbocycles. The Kier molecular flexibility index (Phi) is 5.48. The van der Waals surface area contributed by atoms with Crippen LogP contribution in [0.2, 0.25) is 0 Å². The number of halogens is 2. The van der Waals surface area contributed by atoms with E-state index in [1.807, 2.05) is 6.92 Å². The Hall–Kier alpha value is -2.75. The lowest BCUT2D eigenvalue weighted by atomic mass is 9.61. The second kappa shape index (κ2) is 8.31. The largest absolute Gasteiger partial charge is 0.481 e. The summed E-state index contributed by atoms with van der Waals surface area (Å²) in [5.74, 6) is -1.44. The van der Waals surface area contributed by atoms with E-state index in [0.717, 1.165) is 31.9 Å². The predicted octanol–water partition coefficient (Wildman–Crippen LogP) is 4.71. The van der Waals surface area contributed by atoms with Crippen LogP contribution in [0, 0.1) is 29.4 Å². The van der Waals surface area contributed by atoms with Crippen LogP contribution in [-0.2, 0) is 4.79 Å². The molecule has 0 saturated heterocycles. The van der Waals surface area contributed by atoms with Crippen LogP contribution in [0.25, 0.3) is 22.4 Å². The van der Waals surface area contributed by atoms with Crippen molar-refractivity contribution in [3.8, 4) is 11.4 Å². The molecule has 1 unspecified atom stereocenters. The van der Waals surface area contributed by atoms with Gasteiger partial charge >= 0.3 is 5.97 Å². The number of hydrogen-bond donors (Lipinski definition) is 3. The molecule has 2 bridgehead atoms. The van der Waals surface area contributed by atoms with Crippen LogP contribution < -0.4 is 5.32 Å². The van der Waals surface area contributed by atoms with Gasteiger partial charge in [-0.2, -0.15) is 4.39 Å². The van der Waals surface area contributed by atoms with Crippen LogP contribution in [0.3, 0.4) is 0 Å². The Morgan fingerprint density at radius 3 is 2.72 bits per heavy atom. The summed E-state index contributed by atoms with van der Waals surface area (Å²) in [6, 6.07) is 0.945. The Bertz CT molecular complexity index is 1180. The normalized spacial score (nSPS) is 24.7. The molecule has 0 amide bonds. The summed E-state index contributed by atoms with van der Waals surface area (Å²) in [6.45, 7) is 1.89. The Morgan fingerprint density at radius 1 is 1.25 bits per heavy atom. The Labute approximate surface area is 187 Å². The molecule has 0 aromatic carbocycles. The molecule has 10 heteroatoms. The van der Waals surface area contributed by atoms with Gasteiger partial charge in [0.25, 0.3) is 0 Å². The van der Waals surface area contributed by atoms with Crippen LogP contribution in [0.5, 0.6) is 0 Å². The fraction of sp³-hybridized carbons (Fsp3) is 0.455. The third kappa shape index (κ3) is 3.60. The average Bonchev–Trinajstić information content (AvgIpc) is 3.20. The average molecular weight is 460 g/mol. The lowest BCUT2D eigenvalue weighted by Crippen LogP contribution is -2.51. The second-order valence-corrected chi connectivity index (χ2v) is 9.66. The number of carbonyl (C=O) groups is 1. The number of aromatic nitrogens is 4. The van der Waals surface area contributed by atoms with Gasteiger partial charge in [0.15, 0.2) is 17.5 Å². The number of aliphatic carboxylic acids is 1. The number of carboxylic acid groups (broad SMARTS) is 1. The molecule has 0 aliphatic heterocycles. The lowest BCUT2D eigenvalue weighted by Gasteiger charge is -2.47. The van der Waals surface area contributed by atoms with Crippen molar-refractivity contribution in [2.24, 2.45) is 17.8 Å². The van der Waals surface area contributed by atoms with E-state index in [9.17, 15) is 14.3 Å². The van der Waals surface area contributed by atoms with Gasteiger partial charge in [-0.05, 0) is 49.3 Å². The molecule has 3 fully saturated rings. The van der Waals surface area contributed by atoms with Crippen LogP contribution in [0.1, 0.15) is 32.6 Å². The van der Waals surface area contributed by atoms with Gasteiger partial charge in [0.05, 0.1) is 12.1 Å². The molecule has 168 valence electrons. The Balaban J connectivity index is 1.58. The molecule has 0 radical (unpaired) electrons. The van der Waals surface area contributed by atoms with Crippen molar-refractivity contribution < 1.29 is 18.7 Å². The molecular formula is C22H23F2N5O2S. The summed E-state index contributed by atoms with van der Waals surface area (Å²) >= 11 is 1.24. The number of anilines is 1. The molecular weight excluding hydrogens is 436 g/mol. The number of hydrogen-bond acceptors (Lipinski definition) is 6. The summed E-state index contributed by atoms with van der Waals surface area (Å²) in [6.07, 6.45) is 6.37. The smallest absolute Gasteiger partial charge is 0.308 e. The minimum absolute atomic E-state index is 0.00605. The van der Waals surface area contributed by atoms with E-state index in [4.69, 9.17) is 0 Å². The van der Waals surface area contributed by atoms with Gasteiger partial charge in [-0.25, -0.2) is 19.3 Å². The maximum atomic E-state index is 15.3. The van der Waals surface area contributed by atoms with Gasteiger partial charge < -0.3 is 15.4 Å². The van der Waals surface area contributed by atoms with Crippen LogP contribution in [0.15, 0.2) is 23.5 Å². The van der Waals surface area contributed by atoms with E-state index in [1.165, 1.54) is 17.8 Å². The first-order valence-electron chi connectivity index (χ1n) is 10.8. The zero-order valence-electron chi connectivity index (χ0n) is 17.4. The standard InChI is InChI=1S/C22H23F2N5O2S/c1-2-32-21-16(24)20(27-17-11-5-3-10(4-6-11)15(17)22(30)31)28-19(29-21)14-9-26-18-13(14)7-12(23)8-25-18/h7-11,15,17H,2-6H2,1H3,(H,25,26)(H,30,31)(H,27,28,29)/t10?,11?,15-,17?/m0/s1. The summed E-state index contributed by atoms with van der Waals surface area (Å²) in [5.41, 5.74) is 0.983. The van der Waals surface area contributed by atoms with Gasteiger partial charge in [0.1, 0.15) is 16.5 Å². The molecule has 3 N–H and O–H groups in total. The van der Waals surface area contributed by atoms with E-state index in [0.29, 0.717) is 22.3 Å². The SMILES string of the molecule is CCSc1nc(-c2c[nH]c3ncc(F)cc23)nc(NC2C3CCC(CC3)[C@@H]2C(=O)O)c1F. The molecule has 3 aliphatic rings. The van der Waals surface area contributed by atoms with Crippen molar-refractivity contribution in [3.63, 3.8) is 0 Å². The summed E-state index contributed by atoms with van der Waals surface area (Å²) in [4.78, 5) is 27.8. The number of nitrogens with one attached hydrogen (secondary N) is 2.